The first kappa shape index (κ1) is 16.3. The number of anilines is 1. The van der Waals surface area contributed by atoms with Gasteiger partial charge in [-0.15, -0.1) is 0 Å². The minimum atomic E-state index is -0.279. The summed E-state index contributed by atoms with van der Waals surface area (Å²) in [6.45, 7) is 4.08. The van der Waals surface area contributed by atoms with Gasteiger partial charge < -0.3 is 9.47 Å². The summed E-state index contributed by atoms with van der Waals surface area (Å²) < 4.78 is 11.6. The summed E-state index contributed by atoms with van der Waals surface area (Å²) in [5, 5.41) is 3.42. The third-order valence-electron chi connectivity index (χ3n) is 3.69. The van der Waals surface area contributed by atoms with Crippen LogP contribution in [0, 0.1) is 13.8 Å². The Labute approximate surface area is 144 Å². The Hall–Kier alpha value is -2.60. The van der Waals surface area contributed by atoms with Crippen molar-refractivity contribution >= 4 is 32.6 Å². The minimum absolute atomic E-state index is 0.279. The summed E-state index contributed by atoms with van der Waals surface area (Å²) in [5.41, 5.74) is 3.61. The number of hydrogen-bond donors (Lipinski definition) is 1. The van der Waals surface area contributed by atoms with Crippen molar-refractivity contribution in [3.63, 3.8) is 0 Å². The highest BCUT2D eigenvalue weighted by molar-refractivity contribution is 7.22. The highest BCUT2D eigenvalue weighted by Gasteiger charge is 2.18. The maximum atomic E-state index is 12.6. The lowest BCUT2D eigenvalue weighted by Gasteiger charge is -2.11. The number of ether oxygens (including phenoxy) is 2. The van der Waals surface area contributed by atoms with Gasteiger partial charge in [-0.3, -0.25) is 10.1 Å². The van der Waals surface area contributed by atoms with E-state index in [9.17, 15) is 4.79 Å². The number of aromatic nitrogens is 1. The Morgan fingerprint density at radius 1 is 1.17 bits per heavy atom. The van der Waals surface area contributed by atoms with E-state index in [1.165, 1.54) is 25.6 Å². The molecule has 0 unspecified atom stereocenters. The van der Waals surface area contributed by atoms with Crippen LogP contribution < -0.4 is 14.8 Å². The zero-order valence-electron chi connectivity index (χ0n) is 14.0. The lowest BCUT2D eigenvalue weighted by Crippen LogP contribution is -2.13. The SMILES string of the molecule is COc1cccc(C(=O)Nc2nc3cc(C)cc(C)c3s2)c1OC. The fourth-order valence-electron chi connectivity index (χ4n) is 2.66. The largest absolute Gasteiger partial charge is 0.493 e. The number of amides is 1. The van der Waals surface area contributed by atoms with Gasteiger partial charge in [-0.25, -0.2) is 4.98 Å². The number of nitrogens with zero attached hydrogens (tertiary/aromatic N) is 1. The van der Waals surface area contributed by atoms with E-state index in [1.807, 2.05) is 19.9 Å². The molecule has 3 aromatic rings. The van der Waals surface area contributed by atoms with Crippen LogP contribution in [0.2, 0.25) is 0 Å². The maximum absolute atomic E-state index is 12.6. The van der Waals surface area contributed by atoms with Gasteiger partial charge >= 0.3 is 0 Å². The smallest absolute Gasteiger partial charge is 0.261 e. The molecule has 0 aliphatic heterocycles. The van der Waals surface area contributed by atoms with Crippen LogP contribution in [-0.2, 0) is 0 Å². The molecule has 0 saturated heterocycles. The van der Waals surface area contributed by atoms with Crippen molar-refractivity contribution in [3.05, 3.63) is 47.0 Å². The van der Waals surface area contributed by atoms with Gasteiger partial charge in [0.15, 0.2) is 16.6 Å². The molecule has 1 N–H and O–H groups in total. The second kappa shape index (κ2) is 6.49. The standard InChI is InChI=1S/C18H18N2O3S/c1-10-8-11(2)16-13(9-10)19-18(24-16)20-17(21)12-6-5-7-14(22-3)15(12)23-4/h5-9H,1-4H3,(H,19,20,21). The van der Waals surface area contributed by atoms with Gasteiger partial charge in [0.1, 0.15) is 0 Å². The molecule has 0 saturated carbocycles. The van der Waals surface area contributed by atoms with Gasteiger partial charge in [0, 0.05) is 0 Å². The monoisotopic (exact) mass is 342 g/mol. The van der Waals surface area contributed by atoms with Gasteiger partial charge in [-0.1, -0.05) is 23.5 Å². The molecule has 24 heavy (non-hydrogen) atoms. The van der Waals surface area contributed by atoms with E-state index in [1.54, 1.807) is 18.2 Å². The second-order valence-corrected chi connectivity index (χ2v) is 6.44. The number of carbonyl (C=O) groups is 1. The number of para-hydroxylation sites is 1. The van der Waals surface area contributed by atoms with Crippen LogP contribution in [0.1, 0.15) is 21.5 Å². The van der Waals surface area contributed by atoms with Gasteiger partial charge in [0.25, 0.3) is 5.91 Å². The highest BCUT2D eigenvalue weighted by atomic mass is 32.1. The van der Waals surface area contributed by atoms with Crippen LogP contribution in [-0.4, -0.2) is 25.1 Å². The van der Waals surface area contributed by atoms with Gasteiger partial charge in [0.2, 0.25) is 0 Å². The molecule has 0 bridgehead atoms. The number of thiazole rings is 1. The molecule has 0 aliphatic rings. The number of benzene rings is 2. The van der Waals surface area contributed by atoms with Crippen LogP contribution in [0.15, 0.2) is 30.3 Å². The Kier molecular flexibility index (Phi) is 4.40. The summed E-state index contributed by atoms with van der Waals surface area (Å²) in [7, 11) is 3.05. The molecule has 0 radical (unpaired) electrons. The number of hydrogen-bond acceptors (Lipinski definition) is 5. The Morgan fingerprint density at radius 2 is 1.96 bits per heavy atom. The summed E-state index contributed by atoms with van der Waals surface area (Å²) in [6.07, 6.45) is 0. The van der Waals surface area contributed by atoms with Crippen LogP contribution in [0.4, 0.5) is 5.13 Å². The van der Waals surface area contributed by atoms with Crippen molar-refractivity contribution in [1.29, 1.82) is 0 Å². The fourth-order valence-corrected chi connectivity index (χ4v) is 3.57. The van der Waals surface area contributed by atoms with Crippen molar-refractivity contribution in [1.82, 2.24) is 4.98 Å². The zero-order chi connectivity index (χ0) is 17.3. The number of aryl methyl sites for hydroxylation is 2. The summed E-state index contributed by atoms with van der Waals surface area (Å²) in [6, 6.07) is 9.32. The number of fused-ring (bicyclic) bond motifs is 1. The van der Waals surface area contributed by atoms with Crippen molar-refractivity contribution in [2.75, 3.05) is 19.5 Å². The Bertz CT molecular complexity index is 918. The van der Waals surface area contributed by atoms with Crippen LogP contribution >= 0.6 is 11.3 Å². The number of nitrogens with one attached hydrogen (secondary N) is 1. The van der Waals surface area contributed by atoms with E-state index in [4.69, 9.17) is 9.47 Å². The van der Waals surface area contributed by atoms with Crippen molar-refractivity contribution in [2.45, 2.75) is 13.8 Å². The topological polar surface area (TPSA) is 60.5 Å². The average Bonchev–Trinajstić information content (AvgIpc) is 2.96. The van der Waals surface area contributed by atoms with Crippen molar-refractivity contribution in [3.8, 4) is 11.5 Å². The lowest BCUT2D eigenvalue weighted by atomic mass is 10.1. The zero-order valence-corrected chi connectivity index (χ0v) is 14.8. The fraction of sp³-hybridized carbons (Fsp3) is 0.222. The predicted molar refractivity (Wildman–Crippen MR) is 96.6 cm³/mol. The Balaban J connectivity index is 1.94. The second-order valence-electron chi connectivity index (χ2n) is 5.44. The van der Waals surface area contributed by atoms with E-state index in [0.717, 1.165) is 21.3 Å². The van der Waals surface area contributed by atoms with Gasteiger partial charge in [-0.2, -0.15) is 0 Å². The molecule has 0 spiro atoms. The molecule has 0 fully saturated rings. The van der Waals surface area contributed by atoms with Crippen LogP contribution in [0.3, 0.4) is 0 Å². The molecular formula is C18H18N2O3S. The maximum Gasteiger partial charge on any atom is 0.261 e. The van der Waals surface area contributed by atoms with Crippen molar-refractivity contribution in [2.24, 2.45) is 0 Å². The van der Waals surface area contributed by atoms with Crippen LogP contribution in [0.25, 0.3) is 10.2 Å². The Morgan fingerprint density at radius 3 is 2.67 bits per heavy atom. The number of rotatable bonds is 4. The molecule has 6 heteroatoms. The molecule has 0 aliphatic carbocycles. The first-order valence-corrected chi connectivity index (χ1v) is 8.25. The van der Waals surface area contributed by atoms with E-state index < -0.39 is 0 Å². The van der Waals surface area contributed by atoms with E-state index in [-0.39, 0.29) is 5.91 Å². The first-order chi connectivity index (χ1) is 11.5. The van der Waals surface area contributed by atoms with Crippen LogP contribution in [0.5, 0.6) is 11.5 Å². The van der Waals surface area contributed by atoms with Crippen molar-refractivity contribution < 1.29 is 14.3 Å². The normalized spacial score (nSPS) is 10.7. The van der Waals surface area contributed by atoms with Gasteiger partial charge in [0.05, 0.1) is 30.0 Å². The quantitative estimate of drug-likeness (QED) is 0.772. The average molecular weight is 342 g/mol. The molecule has 2 aromatic carbocycles. The first-order valence-electron chi connectivity index (χ1n) is 7.43. The van der Waals surface area contributed by atoms with Gasteiger partial charge in [-0.05, 0) is 43.2 Å². The van der Waals surface area contributed by atoms with E-state index in [2.05, 4.69) is 16.4 Å². The van der Waals surface area contributed by atoms with E-state index >= 15 is 0 Å². The van der Waals surface area contributed by atoms with E-state index in [0.29, 0.717) is 22.2 Å². The minimum Gasteiger partial charge on any atom is -0.493 e. The molecule has 1 amide bonds. The highest BCUT2D eigenvalue weighted by Crippen LogP contribution is 2.33. The molecule has 5 nitrogen and oxygen atoms in total. The molecule has 1 aromatic heterocycles. The number of carbonyl (C=O) groups excluding carboxylic acids is 1. The lowest BCUT2D eigenvalue weighted by molar-refractivity contribution is 0.102. The molecule has 3 rings (SSSR count). The predicted octanol–water partition coefficient (Wildman–Crippen LogP) is 4.18. The third kappa shape index (κ3) is 2.92. The summed E-state index contributed by atoms with van der Waals surface area (Å²) >= 11 is 1.46. The summed E-state index contributed by atoms with van der Waals surface area (Å²) in [4.78, 5) is 17.1. The molecule has 124 valence electrons. The molecule has 1 heterocycles. The summed E-state index contributed by atoms with van der Waals surface area (Å²) in [5.74, 6) is 0.644. The number of methoxy groups -OCH3 is 2. The third-order valence-corrected chi connectivity index (χ3v) is 4.81. The molecule has 0 atom stereocenters. The molecular weight excluding hydrogens is 324 g/mol.